The maximum Gasteiger partial charge on any atom is 0.305 e. The van der Waals surface area contributed by atoms with Crippen LogP contribution in [0, 0.1) is 20.8 Å². The molecule has 0 atom stereocenters. The highest BCUT2D eigenvalue weighted by molar-refractivity contribution is 5.93. The Bertz CT molecular complexity index is 2060. The molecule has 5 heterocycles. The molecule has 5 rings (SSSR count). The second-order valence-electron chi connectivity index (χ2n) is 11.7. The van der Waals surface area contributed by atoms with Gasteiger partial charge in [-0.1, -0.05) is 13.8 Å². The lowest BCUT2D eigenvalue weighted by Gasteiger charge is -2.02. The number of aryl methyl sites for hydroxylation is 6. The van der Waals surface area contributed by atoms with Gasteiger partial charge < -0.3 is 24.4 Å². The lowest BCUT2D eigenvalue weighted by molar-refractivity contribution is -0.141. The van der Waals surface area contributed by atoms with Crippen LogP contribution >= 0.6 is 0 Å². The summed E-state index contributed by atoms with van der Waals surface area (Å²) in [7, 11) is 2.76. The second kappa shape index (κ2) is 12.8. The Kier molecular flexibility index (Phi) is 9.00. The topological polar surface area (TPSA) is 130 Å². The third kappa shape index (κ3) is 5.79. The molecule has 1 aliphatic heterocycles. The molecule has 45 heavy (non-hydrogen) atoms. The lowest BCUT2D eigenvalue weighted by Crippen LogP contribution is -2.08. The van der Waals surface area contributed by atoms with Crippen molar-refractivity contribution in [3.05, 3.63) is 73.2 Å². The van der Waals surface area contributed by atoms with Crippen LogP contribution in [0.25, 0.3) is 44.2 Å². The minimum Gasteiger partial charge on any atom is -0.469 e. The predicted octanol–water partition coefficient (Wildman–Crippen LogP) is 6.93. The van der Waals surface area contributed by atoms with Crippen LogP contribution in [0.4, 0.5) is 0 Å². The van der Waals surface area contributed by atoms with Crippen LogP contribution in [0.15, 0.2) is 23.0 Å². The summed E-state index contributed by atoms with van der Waals surface area (Å²) in [4.78, 5) is 54.2. The fourth-order valence-corrected chi connectivity index (χ4v) is 6.57. The van der Waals surface area contributed by atoms with Crippen molar-refractivity contribution in [2.24, 2.45) is 0 Å². The first-order valence-corrected chi connectivity index (χ1v) is 15.6. The Morgan fingerprint density at radius 3 is 1.76 bits per heavy atom. The lowest BCUT2D eigenvalue weighted by atomic mass is 10.0. The van der Waals surface area contributed by atoms with E-state index in [1.807, 2.05) is 33.8 Å². The first-order chi connectivity index (χ1) is 21.5. The van der Waals surface area contributed by atoms with Gasteiger partial charge in [0, 0.05) is 40.4 Å². The number of hydrogen-bond acceptors (Lipinski definition) is 6. The van der Waals surface area contributed by atoms with Gasteiger partial charge in [0.2, 0.25) is 5.43 Å². The van der Waals surface area contributed by atoms with E-state index in [0.29, 0.717) is 30.5 Å². The number of carbonyl (C=O) groups excluding carboxylic acids is 2. The van der Waals surface area contributed by atoms with Gasteiger partial charge in [-0.15, -0.1) is 0 Å². The van der Waals surface area contributed by atoms with Crippen LogP contribution in [-0.2, 0) is 38.3 Å². The number of H-pyrrole nitrogens is 3. The van der Waals surface area contributed by atoms with Gasteiger partial charge in [-0.3, -0.25) is 14.4 Å². The molecule has 0 saturated carbocycles. The van der Waals surface area contributed by atoms with E-state index in [2.05, 4.69) is 40.9 Å². The molecule has 0 unspecified atom stereocenters. The Morgan fingerprint density at radius 1 is 0.689 bits per heavy atom. The number of aromatic amines is 3. The van der Waals surface area contributed by atoms with E-state index >= 15 is 0 Å². The molecule has 4 aromatic rings. The molecule has 0 radical (unpaired) electrons. The van der Waals surface area contributed by atoms with Gasteiger partial charge in [-0.2, -0.15) is 0 Å². The Balaban J connectivity index is 1.97. The summed E-state index contributed by atoms with van der Waals surface area (Å²) in [6, 6.07) is 6.15. The zero-order chi connectivity index (χ0) is 32.6. The van der Waals surface area contributed by atoms with E-state index < -0.39 is 0 Å². The van der Waals surface area contributed by atoms with Gasteiger partial charge in [0.15, 0.2) is 0 Å². The van der Waals surface area contributed by atoms with Gasteiger partial charge in [-0.05, 0) is 116 Å². The fraction of sp³-hybridized carbons (Fsp3) is 0.389. The van der Waals surface area contributed by atoms with Crippen LogP contribution in [0.5, 0.6) is 0 Å². The highest BCUT2D eigenvalue weighted by Crippen LogP contribution is 2.33. The van der Waals surface area contributed by atoms with Gasteiger partial charge in [0.05, 0.1) is 25.4 Å². The van der Waals surface area contributed by atoms with E-state index in [4.69, 9.17) is 14.5 Å². The summed E-state index contributed by atoms with van der Waals surface area (Å²) in [5.41, 5.74) is 13.8. The van der Waals surface area contributed by atoms with Gasteiger partial charge >= 0.3 is 11.9 Å². The van der Waals surface area contributed by atoms with E-state index in [0.717, 1.165) is 78.7 Å². The summed E-state index contributed by atoms with van der Waals surface area (Å²) in [6.45, 7) is 12.3. The molecule has 0 spiro atoms. The first-order valence-electron chi connectivity index (χ1n) is 15.6. The predicted molar refractivity (Wildman–Crippen MR) is 180 cm³/mol. The number of esters is 2. The molecule has 0 amide bonds. The number of carbonyl (C=O) groups is 2. The number of ether oxygens (including phenoxy) is 2. The zero-order valence-corrected chi connectivity index (χ0v) is 27.5. The maximum atomic E-state index is 14.3. The molecular weight excluding hydrogens is 568 g/mol. The molecule has 8 bridgehead atoms. The van der Waals surface area contributed by atoms with Crippen molar-refractivity contribution in [3.63, 3.8) is 0 Å². The van der Waals surface area contributed by atoms with Gasteiger partial charge in [-0.25, -0.2) is 4.98 Å². The molecule has 0 fully saturated rings. The minimum atomic E-state index is -0.326. The van der Waals surface area contributed by atoms with E-state index in [1.54, 1.807) is 0 Å². The van der Waals surface area contributed by atoms with Crippen molar-refractivity contribution in [1.29, 1.82) is 0 Å². The first kappa shape index (κ1) is 31.8. The highest BCUT2D eigenvalue weighted by Gasteiger charge is 2.21. The summed E-state index contributed by atoms with van der Waals surface area (Å²) in [5.74, 6) is -0.614. The van der Waals surface area contributed by atoms with Crippen molar-refractivity contribution >= 4 is 56.2 Å². The van der Waals surface area contributed by atoms with Gasteiger partial charge in [0.1, 0.15) is 5.69 Å². The second-order valence-corrected chi connectivity index (χ2v) is 11.7. The number of nitrogens with one attached hydrogen (secondary N) is 3. The third-order valence-electron chi connectivity index (χ3n) is 9.29. The number of allylic oxidation sites excluding steroid dienone is 2. The van der Waals surface area contributed by atoms with Crippen LogP contribution in [-0.4, -0.2) is 46.1 Å². The van der Waals surface area contributed by atoms with E-state index in [1.165, 1.54) is 19.8 Å². The van der Waals surface area contributed by atoms with E-state index in [-0.39, 0.29) is 30.2 Å². The van der Waals surface area contributed by atoms with E-state index in [9.17, 15) is 14.4 Å². The maximum absolute atomic E-state index is 14.3. The number of rotatable bonds is 8. The normalized spacial score (nSPS) is 12.3. The van der Waals surface area contributed by atoms with Gasteiger partial charge in [0.25, 0.3) is 0 Å². The number of aromatic nitrogens is 4. The molecular formula is C36H42N4O5. The molecule has 236 valence electrons. The molecule has 1 aliphatic rings. The molecule has 9 nitrogen and oxygen atoms in total. The minimum absolute atomic E-state index is 0.169. The number of fused-ring (bicyclic) bond motifs is 8. The average molecular weight is 611 g/mol. The fourth-order valence-electron chi connectivity index (χ4n) is 6.57. The number of hydrogen-bond donors (Lipinski definition) is 3. The molecule has 4 aromatic heterocycles. The van der Waals surface area contributed by atoms with Crippen LogP contribution in [0.1, 0.15) is 84.8 Å². The molecule has 0 saturated heterocycles. The monoisotopic (exact) mass is 610 g/mol. The van der Waals surface area contributed by atoms with Crippen molar-refractivity contribution in [2.45, 2.75) is 80.1 Å². The zero-order valence-electron chi connectivity index (χ0n) is 27.5. The smallest absolute Gasteiger partial charge is 0.305 e. The van der Waals surface area contributed by atoms with Crippen LogP contribution in [0.3, 0.4) is 0 Å². The molecule has 0 aliphatic carbocycles. The Morgan fingerprint density at radius 2 is 1.20 bits per heavy atom. The number of methoxy groups -OCH3 is 2. The SMILES string of the molecule is CCC1=C(C)c2cc3[nH]c(cc4[nH]c(cc5[nH]c(c(C)c5CCC(=O)OC)c(=O)c1n2)c(CCC(=O)OC)c4C)c(C)c3CC. The van der Waals surface area contributed by atoms with Crippen molar-refractivity contribution in [3.8, 4) is 0 Å². The average Bonchev–Trinajstić information content (AvgIpc) is 3.71. The van der Waals surface area contributed by atoms with Crippen LogP contribution < -0.4 is 5.43 Å². The summed E-state index contributed by atoms with van der Waals surface area (Å²) < 4.78 is 9.87. The molecule has 3 N–H and O–H groups in total. The molecule has 9 heteroatoms. The quantitative estimate of drug-likeness (QED) is 0.186. The highest BCUT2D eigenvalue weighted by atomic mass is 16.5. The summed E-state index contributed by atoms with van der Waals surface area (Å²) in [5, 5.41) is 0. The summed E-state index contributed by atoms with van der Waals surface area (Å²) >= 11 is 0. The number of nitrogens with zero attached hydrogens (tertiary/aromatic N) is 1. The van der Waals surface area contributed by atoms with Crippen LogP contribution in [0.2, 0.25) is 0 Å². The Hall–Kier alpha value is -4.66. The largest absolute Gasteiger partial charge is 0.469 e. The molecule has 0 aromatic carbocycles. The summed E-state index contributed by atoms with van der Waals surface area (Å²) in [6.07, 6.45) is 2.76. The van der Waals surface area contributed by atoms with Crippen molar-refractivity contribution in [2.75, 3.05) is 14.2 Å². The third-order valence-corrected chi connectivity index (χ3v) is 9.29. The van der Waals surface area contributed by atoms with Crippen molar-refractivity contribution in [1.82, 2.24) is 19.9 Å². The standard InChI is InChI=1S/C36H42N4O5/c1-9-22-18(3)26-15-27-20(5)24(11-13-32(41)44-7)30(38-27)17-31-25(12-14-33(42)45-8)21(6)34(40-31)36(43)35-23(10-2)19(4)28(39-35)16-29(22)37-26/h15-17,37-38,40H,9-14H2,1-8H3. The Labute approximate surface area is 262 Å². The van der Waals surface area contributed by atoms with Crippen molar-refractivity contribution < 1.29 is 19.1 Å².